The largest absolute Gasteiger partial charge is 0.451 e. The Balaban J connectivity index is 2.52. The SMILES string of the molecule is FC(F)(F)c1nc(SCC=CCl)c2ccccc2n1. The van der Waals surface area contributed by atoms with Crippen molar-refractivity contribution in [3.63, 3.8) is 0 Å². The molecule has 0 radical (unpaired) electrons. The minimum Gasteiger partial charge on any atom is -0.224 e. The van der Waals surface area contributed by atoms with Crippen LogP contribution in [0.1, 0.15) is 5.82 Å². The number of para-hydroxylation sites is 1. The molecule has 0 saturated heterocycles. The van der Waals surface area contributed by atoms with E-state index in [1.165, 1.54) is 23.4 Å². The highest BCUT2D eigenvalue weighted by Crippen LogP contribution is 2.31. The Morgan fingerprint density at radius 2 is 1.95 bits per heavy atom. The lowest BCUT2D eigenvalue weighted by Gasteiger charge is -2.09. The van der Waals surface area contributed by atoms with Gasteiger partial charge in [-0.15, -0.1) is 11.8 Å². The van der Waals surface area contributed by atoms with Crippen LogP contribution < -0.4 is 0 Å². The van der Waals surface area contributed by atoms with E-state index in [-0.39, 0.29) is 5.52 Å². The van der Waals surface area contributed by atoms with Crippen LogP contribution in [0.4, 0.5) is 13.2 Å². The first-order chi connectivity index (χ1) is 9.02. The summed E-state index contributed by atoms with van der Waals surface area (Å²) in [6, 6.07) is 6.61. The molecule has 1 aromatic heterocycles. The lowest BCUT2D eigenvalue weighted by atomic mass is 10.2. The first kappa shape index (κ1) is 14.1. The molecule has 0 aliphatic carbocycles. The lowest BCUT2D eigenvalue weighted by molar-refractivity contribution is -0.145. The molecule has 1 aromatic carbocycles. The zero-order valence-corrected chi connectivity index (χ0v) is 11.1. The molecule has 2 nitrogen and oxygen atoms in total. The highest BCUT2D eigenvalue weighted by atomic mass is 35.5. The number of hydrogen-bond donors (Lipinski definition) is 0. The smallest absolute Gasteiger partial charge is 0.224 e. The quantitative estimate of drug-likeness (QED) is 0.617. The van der Waals surface area contributed by atoms with E-state index in [0.29, 0.717) is 16.2 Å². The molecule has 1 heterocycles. The Morgan fingerprint density at radius 1 is 1.21 bits per heavy atom. The van der Waals surface area contributed by atoms with E-state index in [9.17, 15) is 13.2 Å². The Labute approximate surface area is 116 Å². The van der Waals surface area contributed by atoms with Gasteiger partial charge in [0.25, 0.3) is 0 Å². The summed E-state index contributed by atoms with van der Waals surface area (Å²) in [4.78, 5) is 7.14. The van der Waals surface area contributed by atoms with Gasteiger partial charge >= 0.3 is 6.18 Å². The molecule has 0 bridgehead atoms. The summed E-state index contributed by atoms with van der Waals surface area (Å²) >= 11 is 6.57. The number of fused-ring (bicyclic) bond motifs is 1. The third-order valence-electron chi connectivity index (χ3n) is 2.23. The number of aromatic nitrogens is 2. The molecule has 2 rings (SSSR count). The number of thioether (sulfide) groups is 1. The van der Waals surface area contributed by atoms with Crippen molar-refractivity contribution >= 4 is 34.3 Å². The van der Waals surface area contributed by atoms with Crippen molar-refractivity contribution in [2.75, 3.05) is 5.75 Å². The average Bonchev–Trinajstić information content (AvgIpc) is 2.37. The number of hydrogen-bond acceptors (Lipinski definition) is 3. The summed E-state index contributed by atoms with van der Waals surface area (Å²) in [5.74, 6) is -0.675. The van der Waals surface area contributed by atoms with Gasteiger partial charge in [-0.25, -0.2) is 9.97 Å². The monoisotopic (exact) mass is 304 g/mol. The van der Waals surface area contributed by atoms with E-state index < -0.39 is 12.0 Å². The summed E-state index contributed by atoms with van der Waals surface area (Å²) < 4.78 is 38.1. The molecule has 0 N–H and O–H groups in total. The fraction of sp³-hybridized carbons (Fsp3) is 0.167. The minimum atomic E-state index is -4.55. The number of alkyl halides is 3. The lowest BCUT2D eigenvalue weighted by Crippen LogP contribution is -2.11. The molecule has 0 atom stereocenters. The van der Waals surface area contributed by atoms with Crippen molar-refractivity contribution in [1.82, 2.24) is 9.97 Å². The molecule has 0 amide bonds. The summed E-state index contributed by atoms with van der Waals surface area (Å²) in [5.41, 5.74) is 1.60. The highest BCUT2D eigenvalue weighted by Gasteiger charge is 2.35. The van der Waals surface area contributed by atoms with E-state index in [1.807, 2.05) is 0 Å². The standard InChI is InChI=1S/C12H8ClF3N2S/c13-6-3-7-19-10-8-4-1-2-5-9(8)17-11(18-10)12(14,15)16/h1-6H,7H2. The summed E-state index contributed by atoms with van der Waals surface area (Å²) in [6.45, 7) is 0. The molecule has 19 heavy (non-hydrogen) atoms. The maximum atomic E-state index is 12.7. The van der Waals surface area contributed by atoms with Gasteiger partial charge in [0.2, 0.25) is 5.82 Å². The van der Waals surface area contributed by atoms with E-state index in [4.69, 9.17) is 11.6 Å². The summed E-state index contributed by atoms with van der Waals surface area (Å²) in [6.07, 6.45) is -2.92. The number of benzene rings is 1. The van der Waals surface area contributed by atoms with Crippen molar-refractivity contribution in [2.45, 2.75) is 11.2 Å². The van der Waals surface area contributed by atoms with Gasteiger partial charge in [-0.2, -0.15) is 13.2 Å². The fourth-order valence-electron chi connectivity index (χ4n) is 1.45. The number of halogens is 4. The minimum absolute atomic E-state index is 0.280. The van der Waals surface area contributed by atoms with Gasteiger partial charge in [0.15, 0.2) is 0 Å². The van der Waals surface area contributed by atoms with Crippen LogP contribution in [0, 0.1) is 0 Å². The predicted octanol–water partition coefficient (Wildman–Crippen LogP) is 4.49. The predicted molar refractivity (Wildman–Crippen MR) is 70.3 cm³/mol. The van der Waals surface area contributed by atoms with Gasteiger partial charge in [0.1, 0.15) is 5.03 Å². The molecule has 0 aliphatic rings. The second kappa shape index (κ2) is 5.79. The Hall–Kier alpha value is -1.27. The van der Waals surface area contributed by atoms with Crippen LogP contribution in [-0.4, -0.2) is 15.7 Å². The molecule has 0 spiro atoms. The van der Waals surface area contributed by atoms with Crippen molar-refractivity contribution in [1.29, 1.82) is 0 Å². The highest BCUT2D eigenvalue weighted by molar-refractivity contribution is 7.99. The van der Waals surface area contributed by atoms with Crippen LogP contribution in [0.5, 0.6) is 0 Å². The average molecular weight is 305 g/mol. The molecule has 100 valence electrons. The molecule has 7 heteroatoms. The second-order valence-corrected chi connectivity index (χ2v) is 4.80. The van der Waals surface area contributed by atoms with E-state index in [1.54, 1.807) is 24.3 Å². The van der Waals surface area contributed by atoms with Crippen LogP contribution >= 0.6 is 23.4 Å². The maximum Gasteiger partial charge on any atom is 0.451 e. The van der Waals surface area contributed by atoms with Crippen LogP contribution in [0.15, 0.2) is 40.9 Å². The molecule has 0 aliphatic heterocycles. The fourth-order valence-corrected chi connectivity index (χ4v) is 2.47. The molecule has 0 fully saturated rings. The van der Waals surface area contributed by atoms with Gasteiger partial charge in [0, 0.05) is 16.7 Å². The van der Waals surface area contributed by atoms with Crippen molar-refractivity contribution < 1.29 is 13.2 Å². The van der Waals surface area contributed by atoms with Gasteiger partial charge in [-0.3, -0.25) is 0 Å². The van der Waals surface area contributed by atoms with Gasteiger partial charge < -0.3 is 0 Å². The van der Waals surface area contributed by atoms with E-state index in [2.05, 4.69) is 9.97 Å². The number of rotatable bonds is 3. The third-order valence-corrected chi connectivity index (χ3v) is 3.35. The molecule has 2 aromatic rings. The maximum absolute atomic E-state index is 12.7. The normalized spacial score (nSPS) is 12.4. The second-order valence-electron chi connectivity index (χ2n) is 3.54. The Bertz CT molecular complexity index is 613. The summed E-state index contributed by atoms with van der Waals surface area (Å²) in [7, 11) is 0. The molecular weight excluding hydrogens is 297 g/mol. The Kier molecular flexibility index (Phi) is 4.31. The first-order valence-corrected chi connectivity index (χ1v) is 6.66. The van der Waals surface area contributed by atoms with Crippen LogP contribution in [0.2, 0.25) is 0 Å². The van der Waals surface area contributed by atoms with Gasteiger partial charge in [-0.05, 0) is 6.07 Å². The first-order valence-electron chi connectivity index (χ1n) is 5.24. The van der Waals surface area contributed by atoms with E-state index in [0.717, 1.165) is 0 Å². The van der Waals surface area contributed by atoms with Crippen molar-refractivity contribution in [3.05, 3.63) is 41.7 Å². The molecule has 0 saturated carbocycles. The topological polar surface area (TPSA) is 25.8 Å². The van der Waals surface area contributed by atoms with Crippen LogP contribution in [-0.2, 0) is 6.18 Å². The van der Waals surface area contributed by atoms with Crippen LogP contribution in [0.25, 0.3) is 10.9 Å². The molecule has 0 unspecified atom stereocenters. The van der Waals surface area contributed by atoms with Crippen molar-refractivity contribution in [3.8, 4) is 0 Å². The van der Waals surface area contributed by atoms with Gasteiger partial charge in [-0.1, -0.05) is 35.9 Å². The van der Waals surface area contributed by atoms with E-state index >= 15 is 0 Å². The van der Waals surface area contributed by atoms with Gasteiger partial charge in [0.05, 0.1) is 5.52 Å². The number of nitrogens with zero attached hydrogens (tertiary/aromatic N) is 2. The summed E-state index contributed by atoms with van der Waals surface area (Å²) in [5, 5.41) is 0.899. The van der Waals surface area contributed by atoms with Crippen molar-refractivity contribution in [2.24, 2.45) is 0 Å². The third kappa shape index (κ3) is 3.39. The van der Waals surface area contributed by atoms with Crippen LogP contribution in [0.3, 0.4) is 0 Å². The zero-order valence-electron chi connectivity index (χ0n) is 9.49. The Morgan fingerprint density at radius 3 is 2.63 bits per heavy atom. The zero-order chi connectivity index (χ0) is 13.9. The molecular formula is C12H8ClF3N2S.